The first kappa shape index (κ1) is 22.3. The Labute approximate surface area is 194 Å². The molecule has 0 unspecified atom stereocenters. The molecule has 0 aromatic heterocycles. The third kappa shape index (κ3) is 3.90. The SMILES string of the molecule is CCCCCC1CCC(c2ccc(-c3ccc4c(c3F)-c3c-4cc(C)c(F)c3F)cc2)CC1. The molecule has 0 radical (unpaired) electrons. The van der Waals surface area contributed by atoms with Crippen molar-refractivity contribution in [3.63, 3.8) is 0 Å². The van der Waals surface area contributed by atoms with Gasteiger partial charge in [0.1, 0.15) is 5.82 Å². The minimum Gasteiger partial charge on any atom is -0.206 e. The fourth-order valence-corrected chi connectivity index (χ4v) is 5.82. The molecule has 0 aliphatic heterocycles. The molecule has 172 valence electrons. The van der Waals surface area contributed by atoms with Crippen molar-refractivity contribution in [1.82, 2.24) is 0 Å². The van der Waals surface area contributed by atoms with E-state index in [4.69, 9.17) is 0 Å². The second kappa shape index (κ2) is 9.00. The van der Waals surface area contributed by atoms with Crippen LogP contribution in [0.3, 0.4) is 0 Å². The second-order valence-corrected chi connectivity index (χ2v) is 9.93. The first-order valence-electron chi connectivity index (χ1n) is 12.4. The fourth-order valence-electron chi connectivity index (χ4n) is 5.82. The quantitative estimate of drug-likeness (QED) is 0.258. The maximum atomic E-state index is 15.4. The van der Waals surface area contributed by atoms with E-state index in [0.717, 1.165) is 11.5 Å². The van der Waals surface area contributed by atoms with Gasteiger partial charge in [-0.2, -0.15) is 0 Å². The van der Waals surface area contributed by atoms with Gasteiger partial charge >= 0.3 is 0 Å². The number of hydrogen-bond donors (Lipinski definition) is 0. The van der Waals surface area contributed by atoms with Crippen LogP contribution in [0.15, 0.2) is 42.5 Å². The molecule has 0 atom stereocenters. The number of fused-ring (bicyclic) bond motifs is 4. The molecule has 2 aliphatic carbocycles. The van der Waals surface area contributed by atoms with Gasteiger partial charge in [-0.25, -0.2) is 13.2 Å². The second-order valence-electron chi connectivity index (χ2n) is 9.93. The first-order chi connectivity index (χ1) is 16.0. The maximum Gasteiger partial charge on any atom is 0.167 e. The van der Waals surface area contributed by atoms with Crippen LogP contribution < -0.4 is 0 Å². The van der Waals surface area contributed by atoms with Gasteiger partial charge in [-0.05, 0) is 78.3 Å². The monoisotopic (exact) mass is 448 g/mol. The summed E-state index contributed by atoms with van der Waals surface area (Å²) in [6.45, 7) is 3.79. The number of aryl methyl sites for hydroxylation is 1. The van der Waals surface area contributed by atoms with Crippen molar-refractivity contribution >= 4 is 0 Å². The van der Waals surface area contributed by atoms with Crippen molar-refractivity contribution in [3.05, 3.63) is 71.0 Å². The predicted molar refractivity (Wildman–Crippen MR) is 130 cm³/mol. The van der Waals surface area contributed by atoms with Gasteiger partial charge in [0.15, 0.2) is 11.6 Å². The van der Waals surface area contributed by atoms with E-state index in [0.29, 0.717) is 22.6 Å². The molecule has 3 aromatic rings. The third-order valence-electron chi connectivity index (χ3n) is 7.83. The van der Waals surface area contributed by atoms with Crippen LogP contribution >= 0.6 is 0 Å². The Kier molecular flexibility index (Phi) is 6.07. The van der Waals surface area contributed by atoms with Gasteiger partial charge in [-0.3, -0.25) is 0 Å². The topological polar surface area (TPSA) is 0 Å². The van der Waals surface area contributed by atoms with E-state index in [2.05, 4.69) is 19.1 Å². The van der Waals surface area contributed by atoms with Crippen molar-refractivity contribution in [2.45, 2.75) is 71.1 Å². The highest BCUT2D eigenvalue weighted by Crippen LogP contribution is 2.52. The normalized spacial score (nSPS) is 19.1. The highest BCUT2D eigenvalue weighted by molar-refractivity contribution is 6.04. The molecule has 0 bridgehead atoms. The molecule has 33 heavy (non-hydrogen) atoms. The van der Waals surface area contributed by atoms with E-state index in [-0.39, 0.29) is 16.7 Å². The van der Waals surface area contributed by atoms with Gasteiger partial charge in [0.05, 0.1) is 0 Å². The largest absolute Gasteiger partial charge is 0.206 e. The number of hydrogen-bond acceptors (Lipinski definition) is 0. The Morgan fingerprint density at radius 2 is 1.39 bits per heavy atom. The molecule has 1 saturated carbocycles. The lowest BCUT2D eigenvalue weighted by atomic mass is 9.76. The minimum atomic E-state index is -0.950. The standard InChI is InChI=1S/C30H31F3/c1-3-4-5-6-19-7-9-20(10-8-19)21-11-13-22(14-12-21)23-15-16-24-25-17-18(2)28(31)30(33)27(25)26(24)29(23)32/h11-17,19-20H,3-10H2,1-2H3. The van der Waals surface area contributed by atoms with Crippen molar-refractivity contribution in [3.8, 4) is 33.4 Å². The van der Waals surface area contributed by atoms with Crippen LogP contribution in [-0.4, -0.2) is 0 Å². The van der Waals surface area contributed by atoms with Gasteiger partial charge < -0.3 is 0 Å². The summed E-state index contributed by atoms with van der Waals surface area (Å²) in [5.74, 6) is -0.860. The molecule has 0 heterocycles. The summed E-state index contributed by atoms with van der Waals surface area (Å²) in [6.07, 6.45) is 10.4. The van der Waals surface area contributed by atoms with Crippen LogP contribution in [0.5, 0.6) is 0 Å². The van der Waals surface area contributed by atoms with Crippen LogP contribution in [0.4, 0.5) is 13.2 Å². The average molecular weight is 449 g/mol. The highest BCUT2D eigenvalue weighted by Gasteiger charge is 2.33. The summed E-state index contributed by atoms with van der Waals surface area (Å²) in [7, 11) is 0. The molecule has 5 rings (SSSR count). The molecule has 3 aromatic carbocycles. The van der Waals surface area contributed by atoms with Crippen LogP contribution in [0.1, 0.15) is 75.3 Å². The van der Waals surface area contributed by atoms with Gasteiger partial charge in [-0.15, -0.1) is 0 Å². The van der Waals surface area contributed by atoms with Crippen molar-refractivity contribution in [1.29, 1.82) is 0 Å². The van der Waals surface area contributed by atoms with Crippen LogP contribution in [-0.2, 0) is 0 Å². The zero-order valence-corrected chi connectivity index (χ0v) is 19.5. The van der Waals surface area contributed by atoms with E-state index in [1.54, 1.807) is 12.1 Å². The van der Waals surface area contributed by atoms with Crippen molar-refractivity contribution in [2.75, 3.05) is 0 Å². The molecule has 2 aliphatic rings. The molecular formula is C30H31F3. The van der Waals surface area contributed by atoms with E-state index in [9.17, 15) is 8.78 Å². The summed E-state index contributed by atoms with van der Waals surface area (Å²) < 4.78 is 44.0. The summed E-state index contributed by atoms with van der Waals surface area (Å²) in [6, 6.07) is 13.4. The lowest BCUT2D eigenvalue weighted by Gasteiger charge is -2.29. The summed E-state index contributed by atoms with van der Waals surface area (Å²) in [5, 5.41) is 0. The molecule has 3 heteroatoms. The van der Waals surface area contributed by atoms with Crippen molar-refractivity contribution in [2.24, 2.45) is 5.92 Å². The van der Waals surface area contributed by atoms with Crippen molar-refractivity contribution < 1.29 is 13.2 Å². The van der Waals surface area contributed by atoms with Gasteiger partial charge in [0.2, 0.25) is 0 Å². The van der Waals surface area contributed by atoms with Gasteiger partial charge in [-0.1, -0.05) is 69.0 Å². The minimum absolute atomic E-state index is 0.0692. The fraction of sp³-hybridized carbons (Fsp3) is 0.400. The average Bonchev–Trinajstić information content (AvgIpc) is 2.82. The Morgan fingerprint density at radius 1 is 0.727 bits per heavy atom. The first-order valence-corrected chi connectivity index (χ1v) is 12.4. The molecule has 0 saturated heterocycles. The molecule has 1 fully saturated rings. The third-order valence-corrected chi connectivity index (χ3v) is 7.83. The molecule has 0 N–H and O–H groups in total. The smallest absolute Gasteiger partial charge is 0.167 e. The Hall–Kier alpha value is -2.55. The Balaban J connectivity index is 1.33. The molecule has 0 spiro atoms. The highest BCUT2D eigenvalue weighted by atomic mass is 19.2. The Bertz CT molecular complexity index is 1170. The summed E-state index contributed by atoms with van der Waals surface area (Å²) in [5.41, 5.74) is 4.29. The van der Waals surface area contributed by atoms with Crippen LogP contribution in [0.25, 0.3) is 33.4 Å². The lowest BCUT2D eigenvalue weighted by Crippen LogP contribution is -2.13. The molecule has 0 nitrogen and oxygen atoms in total. The molecular weight excluding hydrogens is 417 g/mol. The van der Waals surface area contributed by atoms with Gasteiger partial charge in [0.25, 0.3) is 0 Å². The number of benzene rings is 3. The Morgan fingerprint density at radius 3 is 2.09 bits per heavy atom. The summed E-state index contributed by atoms with van der Waals surface area (Å²) in [4.78, 5) is 0. The van der Waals surface area contributed by atoms with E-state index >= 15 is 4.39 Å². The van der Waals surface area contributed by atoms with Crippen LogP contribution in [0.2, 0.25) is 0 Å². The number of unbranched alkanes of at least 4 members (excludes halogenated alkanes) is 2. The predicted octanol–water partition coefficient (Wildman–Crippen LogP) is 9.58. The number of rotatable bonds is 6. The lowest BCUT2D eigenvalue weighted by molar-refractivity contribution is 0.303. The van der Waals surface area contributed by atoms with E-state index in [1.165, 1.54) is 63.9 Å². The zero-order chi connectivity index (χ0) is 23.1. The summed E-state index contributed by atoms with van der Waals surface area (Å²) >= 11 is 0. The van der Waals surface area contributed by atoms with Gasteiger partial charge in [0, 0.05) is 16.7 Å². The maximum absolute atomic E-state index is 15.4. The zero-order valence-electron chi connectivity index (χ0n) is 19.5. The number of halogens is 3. The van der Waals surface area contributed by atoms with E-state index in [1.807, 2.05) is 18.2 Å². The van der Waals surface area contributed by atoms with E-state index < -0.39 is 17.5 Å². The van der Waals surface area contributed by atoms with Crippen LogP contribution in [0, 0.1) is 30.3 Å². The molecule has 0 amide bonds.